The Kier molecular flexibility index (Phi) is 5.79. The van der Waals surface area contributed by atoms with Gasteiger partial charge in [-0.2, -0.15) is 0 Å². The van der Waals surface area contributed by atoms with Crippen LogP contribution in [0.15, 0.2) is 24.3 Å². The molecule has 1 aromatic carbocycles. The first-order valence-electron chi connectivity index (χ1n) is 7.77. The lowest BCUT2D eigenvalue weighted by molar-refractivity contribution is 0.281. The van der Waals surface area contributed by atoms with Gasteiger partial charge in [0.05, 0.1) is 5.75 Å². The fourth-order valence-electron chi connectivity index (χ4n) is 2.72. The van der Waals surface area contributed by atoms with Crippen molar-refractivity contribution in [3.8, 4) is 0 Å². The monoisotopic (exact) mass is 310 g/mol. The van der Waals surface area contributed by atoms with Gasteiger partial charge in [-0.3, -0.25) is 0 Å². The zero-order valence-corrected chi connectivity index (χ0v) is 13.8. The first-order valence-corrected chi connectivity index (χ1v) is 9.38. The maximum Gasteiger partial charge on any atom is 0.218 e. The molecule has 0 saturated carbocycles. The quantitative estimate of drug-likeness (QED) is 0.877. The zero-order valence-electron chi connectivity index (χ0n) is 13.0. The Bertz CT molecular complexity index is 540. The third-order valence-corrected chi connectivity index (χ3v) is 5.78. The summed E-state index contributed by atoms with van der Waals surface area (Å²) in [6.45, 7) is 7.29. The van der Waals surface area contributed by atoms with E-state index in [4.69, 9.17) is 0 Å². The van der Waals surface area contributed by atoms with E-state index in [2.05, 4.69) is 19.2 Å². The van der Waals surface area contributed by atoms with Gasteiger partial charge in [0.2, 0.25) is 10.0 Å². The highest BCUT2D eigenvalue weighted by atomic mass is 32.2. The third kappa shape index (κ3) is 4.80. The number of hydrogen-bond acceptors (Lipinski definition) is 3. The fraction of sp³-hybridized carbons (Fsp3) is 0.625. The summed E-state index contributed by atoms with van der Waals surface area (Å²) in [7, 11) is -3.18. The number of rotatable bonds is 6. The number of nitrogens with one attached hydrogen (secondary N) is 1. The molecule has 0 aliphatic carbocycles. The molecule has 2 rings (SSSR count). The van der Waals surface area contributed by atoms with Gasteiger partial charge in [0.15, 0.2) is 0 Å². The molecule has 0 amide bonds. The van der Waals surface area contributed by atoms with Crippen LogP contribution in [0.5, 0.6) is 0 Å². The van der Waals surface area contributed by atoms with Crippen molar-refractivity contribution in [3.63, 3.8) is 0 Å². The van der Waals surface area contributed by atoms with Crippen molar-refractivity contribution in [1.82, 2.24) is 9.62 Å². The molecule has 21 heavy (non-hydrogen) atoms. The first-order chi connectivity index (χ1) is 10.0. The first kappa shape index (κ1) is 16.5. The number of sulfonamides is 1. The summed E-state index contributed by atoms with van der Waals surface area (Å²) in [5.41, 5.74) is 2.05. The molecule has 1 N–H and O–H groups in total. The van der Waals surface area contributed by atoms with Crippen LogP contribution in [-0.2, 0) is 22.3 Å². The lowest BCUT2D eigenvalue weighted by Gasteiger charge is -2.30. The lowest BCUT2D eigenvalue weighted by atomic mass is 10.0. The Labute approximate surface area is 128 Å². The Morgan fingerprint density at radius 1 is 1.24 bits per heavy atom. The van der Waals surface area contributed by atoms with Crippen LogP contribution in [0.25, 0.3) is 0 Å². The summed E-state index contributed by atoms with van der Waals surface area (Å²) in [6.07, 6.45) is 2.10. The van der Waals surface area contributed by atoms with Crippen molar-refractivity contribution < 1.29 is 8.42 Å². The number of benzene rings is 1. The molecule has 1 aliphatic rings. The van der Waals surface area contributed by atoms with Crippen LogP contribution >= 0.6 is 0 Å². The number of hydrogen-bond donors (Lipinski definition) is 1. The Morgan fingerprint density at radius 2 is 1.90 bits per heavy atom. The predicted octanol–water partition coefficient (Wildman–Crippen LogP) is 2.36. The zero-order chi connectivity index (χ0) is 15.3. The number of piperidine rings is 1. The summed E-state index contributed by atoms with van der Waals surface area (Å²) in [5, 5.41) is 3.26. The summed E-state index contributed by atoms with van der Waals surface area (Å²) >= 11 is 0. The van der Waals surface area contributed by atoms with Gasteiger partial charge in [0.25, 0.3) is 0 Å². The van der Waals surface area contributed by atoms with Gasteiger partial charge in [-0.1, -0.05) is 38.1 Å². The van der Waals surface area contributed by atoms with Crippen LogP contribution in [0, 0.1) is 5.92 Å². The van der Waals surface area contributed by atoms with Crippen LogP contribution in [0.4, 0.5) is 0 Å². The Morgan fingerprint density at radius 3 is 2.52 bits per heavy atom. The van der Waals surface area contributed by atoms with Gasteiger partial charge in [-0.25, -0.2) is 12.7 Å². The highest BCUT2D eigenvalue weighted by Crippen LogP contribution is 2.21. The van der Waals surface area contributed by atoms with Crippen molar-refractivity contribution in [2.45, 2.75) is 39.0 Å². The van der Waals surface area contributed by atoms with E-state index < -0.39 is 10.0 Å². The molecule has 1 saturated heterocycles. The molecule has 5 heteroatoms. The van der Waals surface area contributed by atoms with Crippen LogP contribution in [0.1, 0.15) is 37.8 Å². The van der Waals surface area contributed by atoms with E-state index >= 15 is 0 Å². The second-order valence-electron chi connectivity index (χ2n) is 5.96. The molecule has 1 fully saturated rings. The maximum absolute atomic E-state index is 12.5. The number of nitrogens with zero attached hydrogens (tertiary/aromatic N) is 1. The van der Waals surface area contributed by atoms with Crippen LogP contribution in [0.3, 0.4) is 0 Å². The summed E-state index contributed by atoms with van der Waals surface area (Å²) in [6, 6.07) is 7.87. The Balaban J connectivity index is 1.99. The maximum atomic E-state index is 12.5. The molecule has 1 heterocycles. The molecule has 1 unspecified atom stereocenters. The van der Waals surface area contributed by atoms with Gasteiger partial charge >= 0.3 is 0 Å². The third-order valence-electron chi connectivity index (χ3n) is 3.96. The van der Waals surface area contributed by atoms with Crippen LogP contribution in [-0.4, -0.2) is 32.4 Å². The van der Waals surface area contributed by atoms with E-state index in [-0.39, 0.29) is 5.75 Å². The van der Waals surface area contributed by atoms with Crippen LogP contribution in [0.2, 0.25) is 0 Å². The molecule has 0 bridgehead atoms. The Hall–Kier alpha value is -0.910. The van der Waals surface area contributed by atoms with E-state index in [1.165, 1.54) is 5.56 Å². The molecular formula is C16H26N2O2S. The van der Waals surface area contributed by atoms with Crippen molar-refractivity contribution >= 4 is 10.0 Å². The van der Waals surface area contributed by atoms with E-state index in [9.17, 15) is 8.42 Å². The smallest absolute Gasteiger partial charge is 0.218 e. The van der Waals surface area contributed by atoms with E-state index in [0.717, 1.165) is 31.5 Å². The van der Waals surface area contributed by atoms with Crippen molar-refractivity contribution in [2.75, 3.05) is 19.6 Å². The molecule has 4 nitrogen and oxygen atoms in total. The summed E-state index contributed by atoms with van der Waals surface area (Å²) < 4.78 is 26.6. The van der Waals surface area contributed by atoms with Gasteiger partial charge in [-0.05, 0) is 36.4 Å². The SMILES string of the molecule is CCNCc1ccc(CS(=O)(=O)N2CCCC(C)C2)cc1. The van der Waals surface area contributed by atoms with Crippen molar-refractivity contribution in [1.29, 1.82) is 0 Å². The average molecular weight is 310 g/mol. The van der Waals surface area contributed by atoms with E-state index in [1.54, 1.807) is 4.31 Å². The minimum absolute atomic E-state index is 0.112. The van der Waals surface area contributed by atoms with Crippen molar-refractivity contribution in [2.24, 2.45) is 5.92 Å². The second kappa shape index (κ2) is 7.38. The normalized spacial score (nSPS) is 20.6. The van der Waals surface area contributed by atoms with E-state index in [0.29, 0.717) is 19.0 Å². The van der Waals surface area contributed by atoms with Crippen LogP contribution < -0.4 is 5.32 Å². The molecule has 1 aromatic rings. The van der Waals surface area contributed by atoms with E-state index in [1.807, 2.05) is 24.3 Å². The minimum atomic E-state index is -3.18. The molecule has 0 spiro atoms. The fourth-order valence-corrected chi connectivity index (χ4v) is 4.41. The summed E-state index contributed by atoms with van der Waals surface area (Å²) in [5.74, 6) is 0.581. The highest BCUT2D eigenvalue weighted by molar-refractivity contribution is 7.88. The van der Waals surface area contributed by atoms with Gasteiger partial charge < -0.3 is 5.32 Å². The lowest BCUT2D eigenvalue weighted by Crippen LogP contribution is -2.39. The molecule has 0 aromatic heterocycles. The molecule has 1 aliphatic heterocycles. The van der Waals surface area contributed by atoms with Crippen molar-refractivity contribution in [3.05, 3.63) is 35.4 Å². The molecule has 0 radical (unpaired) electrons. The largest absolute Gasteiger partial charge is 0.313 e. The standard InChI is InChI=1S/C16H26N2O2S/c1-3-17-11-15-6-8-16(9-7-15)13-21(19,20)18-10-4-5-14(2)12-18/h6-9,14,17H,3-5,10-13H2,1-2H3. The summed E-state index contributed by atoms with van der Waals surface area (Å²) in [4.78, 5) is 0. The van der Waals surface area contributed by atoms with Gasteiger partial charge in [-0.15, -0.1) is 0 Å². The molecule has 118 valence electrons. The minimum Gasteiger partial charge on any atom is -0.313 e. The topological polar surface area (TPSA) is 49.4 Å². The molecule has 1 atom stereocenters. The highest BCUT2D eigenvalue weighted by Gasteiger charge is 2.27. The second-order valence-corrected chi connectivity index (χ2v) is 7.93. The molecular weight excluding hydrogens is 284 g/mol. The average Bonchev–Trinajstić information content (AvgIpc) is 2.46. The predicted molar refractivity (Wildman–Crippen MR) is 86.4 cm³/mol. The van der Waals surface area contributed by atoms with Gasteiger partial charge in [0, 0.05) is 19.6 Å². The van der Waals surface area contributed by atoms with Gasteiger partial charge in [0.1, 0.15) is 0 Å².